The maximum atomic E-state index is 12.9. The molecular formula is C19H14ClFN4O4S. The molecule has 0 saturated heterocycles. The van der Waals surface area contributed by atoms with Crippen LogP contribution in [-0.4, -0.2) is 19.6 Å². The van der Waals surface area contributed by atoms with E-state index in [2.05, 4.69) is 15.2 Å². The Balaban J connectivity index is 1.83. The van der Waals surface area contributed by atoms with Crippen molar-refractivity contribution in [3.8, 4) is 0 Å². The molecule has 0 spiro atoms. The van der Waals surface area contributed by atoms with Gasteiger partial charge in [0.2, 0.25) is 0 Å². The van der Waals surface area contributed by atoms with Gasteiger partial charge in [-0.2, -0.15) is 5.10 Å². The van der Waals surface area contributed by atoms with E-state index in [-0.39, 0.29) is 16.3 Å². The zero-order valence-corrected chi connectivity index (χ0v) is 16.7. The third-order valence-corrected chi connectivity index (χ3v) is 5.44. The van der Waals surface area contributed by atoms with E-state index in [1.807, 2.05) is 0 Å². The van der Waals surface area contributed by atoms with Crippen LogP contribution in [0.25, 0.3) is 0 Å². The van der Waals surface area contributed by atoms with Crippen LogP contribution in [0.5, 0.6) is 0 Å². The van der Waals surface area contributed by atoms with Gasteiger partial charge in [-0.05, 0) is 48.0 Å². The van der Waals surface area contributed by atoms with Crippen LogP contribution in [0.3, 0.4) is 0 Å². The highest BCUT2D eigenvalue weighted by atomic mass is 35.5. The lowest BCUT2D eigenvalue weighted by atomic mass is 10.2. The molecule has 0 bridgehead atoms. The summed E-state index contributed by atoms with van der Waals surface area (Å²) in [6.07, 6.45) is 1.34. The molecular weight excluding hydrogens is 435 g/mol. The van der Waals surface area contributed by atoms with Crippen LogP contribution < -0.4 is 10.1 Å². The molecule has 0 radical (unpaired) electrons. The predicted molar refractivity (Wildman–Crippen MR) is 113 cm³/mol. The Labute approximate surface area is 176 Å². The van der Waals surface area contributed by atoms with Gasteiger partial charge in [0.05, 0.1) is 21.7 Å². The Bertz CT molecular complexity index is 1220. The number of anilines is 2. The SMILES string of the molecule is O=[N+]([O-])c1cc(S(=O)(=O)Nc2cccc(Cl)c2)ccc1N/N=C\c1ccc(F)cc1. The van der Waals surface area contributed by atoms with Crippen LogP contribution in [0, 0.1) is 15.9 Å². The molecule has 0 heterocycles. The van der Waals surface area contributed by atoms with Gasteiger partial charge >= 0.3 is 0 Å². The normalized spacial score (nSPS) is 11.4. The first kappa shape index (κ1) is 21.2. The molecule has 0 saturated carbocycles. The molecule has 0 atom stereocenters. The quantitative estimate of drug-likeness (QED) is 0.310. The first-order chi connectivity index (χ1) is 14.2. The van der Waals surface area contributed by atoms with Crippen LogP contribution in [0.4, 0.5) is 21.5 Å². The minimum Gasteiger partial charge on any atom is -0.280 e. The van der Waals surface area contributed by atoms with Gasteiger partial charge < -0.3 is 0 Å². The van der Waals surface area contributed by atoms with E-state index < -0.39 is 26.5 Å². The number of nitrogens with zero attached hydrogens (tertiary/aromatic N) is 2. The molecule has 0 aliphatic rings. The molecule has 0 fully saturated rings. The number of hydrogen-bond acceptors (Lipinski definition) is 6. The Morgan fingerprint density at radius 3 is 2.47 bits per heavy atom. The van der Waals surface area contributed by atoms with Crippen LogP contribution in [-0.2, 0) is 10.0 Å². The van der Waals surface area contributed by atoms with Crippen molar-refractivity contribution in [2.45, 2.75) is 4.90 Å². The van der Waals surface area contributed by atoms with Gasteiger partial charge in [-0.25, -0.2) is 12.8 Å². The van der Waals surface area contributed by atoms with Gasteiger partial charge in [-0.15, -0.1) is 0 Å². The van der Waals surface area contributed by atoms with E-state index in [9.17, 15) is 22.9 Å². The maximum absolute atomic E-state index is 12.9. The van der Waals surface area contributed by atoms with Gasteiger partial charge in [-0.1, -0.05) is 29.8 Å². The Kier molecular flexibility index (Phi) is 6.28. The summed E-state index contributed by atoms with van der Waals surface area (Å²) in [5.74, 6) is -0.404. The van der Waals surface area contributed by atoms with Gasteiger partial charge in [0.25, 0.3) is 15.7 Å². The molecule has 3 rings (SSSR count). The fourth-order valence-corrected chi connectivity index (χ4v) is 3.67. The largest absolute Gasteiger partial charge is 0.295 e. The first-order valence-corrected chi connectivity index (χ1v) is 10.2. The van der Waals surface area contributed by atoms with E-state index in [1.54, 1.807) is 12.1 Å². The van der Waals surface area contributed by atoms with Crippen molar-refractivity contribution in [3.05, 3.63) is 93.2 Å². The topological polar surface area (TPSA) is 114 Å². The lowest BCUT2D eigenvalue weighted by molar-refractivity contribution is -0.384. The van der Waals surface area contributed by atoms with E-state index in [0.29, 0.717) is 10.6 Å². The number of sulfonamides is 1. The second-order valence-corrected chi connectivity index (χ2v) is 8.09. The van der Waals surface area contributed by atoms with E-state index in [1.165, 1.54) is 54.7 Å². The summed E-state index contributed by atoms with van der Waals surface area (Å²) in [7, 11) is -4.09. The number of rotatable bonds is 7. The maximum Gasteiger partial charge on any atom is 0.295 e. The monoisotopic (exact) mass is 448 g/mol. The summed E-state index contributed by atoms with van der Waals surface area (Å²) in [5, 5.41) is 15.6. The van der Waals surface area contributed by atoms with Crippen molar-refractivity contribution < 1.29 is 17.7 Å². The predicted octanol–water partition coefficient (Wildman–Crippen LogP) is 4.63. The standard InChI is InChI=1S/C19H14ClFN4O4S/c20-14-2-1-3-16(10-14)24-30(28,29)17-8-9-18(19(11-17)25(26)27)23-22-12-13-4-6-15(21)7-5-13/h1-12,23-24H/b22-12-. The molecule has 11 heteroatoms. The number of nitro benzene ring substituents is 1. The highest BCUT2D eigenvalue weighted by Gasteiger charge is 2.21. The molecule has 154 valence electrons. The lowest BCUT2D eigenvalue weighted by Crippen LogP contribution is -2.13. The van der Waals surface area contributed by atoms with Crippen LogP contribution in [0.2, 0.25) is 5.02 Å². The highest BCUT2D eigenvalue weighted by molar-refractivity contribution is 7.92. The summed E-state index contributed by atoms with van der Waals surface area (Å²) >= 11 is 5.84. The van der Waals surface area contributed by atoms with Gasteiger partial charge in [0.1, 0.15) is 11.5 Å². The van der Waals surface area contributed by atoms with E-state index in [4.69, 9.17) is 11.6 Å². The van der Waals surface area contributed by atoms with Crippen LogP contribution in [0.15, 0.2) is 76.7 Å². The fourth-order valence-electron chi connectivity index (χ4n) is 2.42. The van der Waals surface area contributed by atoms with Crippen molar-refractivity contribution >= 4 is 44.9 Å². The zero-order chi connectivity index (χ0) is 21.7. The van der Waals surface area contributed by atoms with E-state index >= 15 is 0 Å². The molecule has 3 aromatic carbocycles. The molecule has 30 heavy (non-hydrogen) atoms. The number of nitrogens with one attached hydrogen (secondary N) is 2. The molecule has 8 nitrogen and oxygen atoms in total. The third-order valence-electron chi connectivity index (χ3n) is 3.82. The summed E-state index contributed by atoms with van der Waals surface area (Å²) in [4.78, 5) is 10.4. The van der Waals surface area contributed by atoms with Crippen molar-refractivity contribution in [1.82, 2.24) is 0 Å². The number of hydrazone groups is 1. The van der Waals surface area contributed by atoms with Gasteiger partial charge in [0, 0.05) is 11.1 Å². The van der Waals surface area contributed by atoms with Crippen molar-refractivity contribution in [2.24, 2.45) is 5.10 Å². The Morgan fingerprint density at radius 2 is 1.80 bits per heavy atom. The smallest absolute Gasteiger partial charge is 0.280 e. The molecule has 0 unspecified atom stereocenters. The molecule has 0 aliphatic heterocycles. The molecule has 2 N–H and O–H groups in total. The second-order valence-electron chi connectivity index (χ2n) is 5.97. The number of nitro groups is 1. The second kappa shape index (κ2) is 8.89. The van der Waals surface area contributed by atoms with Crippen molar-refractivity contribution in [3.63, 3.8) is 0 Å². The van der Waals surface area contributed by atoms with Crippen molar-refractivity contribution in [2.75, 3.05) is 10.1 Å². The fraction of sp³-hybridized carbons (Fsp3) is 0. The summed E-state index contributed by atoms with van der Waals surface area (Å²) in [5.41, 5.74) is 2.78. The molecule has 0 aromatic heterocycles. The van der Waals surface area contributed by atoms with Gasteiger partial charge in [-0.3, -0.25) is 20.3 Å². The zero-order valence-electron chi connectivity index (χ0n) is 15.1. The summed E-state index contributed by atoms with van der Waals surface area (Å²) in [6, 6.07) is 14.9. The number of benzene rings is 3. The minimum absolute atomic E-state index is 0.0138. The molecule has 0 aliphatic carbocycles. The summed E-state index contributed by atoms with van der Waals surface area (Å²) in [6.45, 7) is 0. The average Bonchev–Trinajstić information content (AvgIpc) is 2.69. The third kappa shape index (κ3) is 5.31. The van der Waals surface area contributed by atoms with E-state index in [0.717, 1.165) is 6.07 Å². The van der Waals surface area contributed by atoms with Crippen LogP contribution >= 0.6 is 11.6 Å². The average molecular weight is 449 g/mol. The van der Waals surface area contributed by atoms with Gasteiger partial charge in [0.15, 0.2) is 0 Å². The number of halogens is 2. The van der Waals surface area contributed by atoms with Crippen molar-refractivity contribution in [1.29, 1.82) is 0 Å². The molecule has 0 amide bonds. The minimum atomic E-state index is -4.09. The van der Waals surface area contributed by atoms with Crippen LogP contribution in [0.1, 0.15) is 5.56 Å². The lowest BCUT2D eigenvalue weighted by Gasteiger charge is -2.09. The highest BCUT2D eigenvalue weighted by Crippen LogP contribution is 2.29. The first-order valence-electron chi connectivity index (χ1n) is 8.36. The Morgan fingerprint density at radius 1 is 1.07 bits per heavy atom. The Hall–Kier alpha value is -3.50. The number of hydrogen-bond donors (Lipinski definition) is 2. The molecule has 3 aromatic rings. The summed E-state index contributed by atoms with van der Waals surface area (Å²) < 4.78 is 40.4.